The molecule has 1 aromatic rings. The van der Waals surface area contributed by atoms with Crippen LogP contribution in [0.3, 0.4) is 0 Å². The van der Waals surface area contributed by atoms with E-state index in [1.54, 1.807) is 19.1 Å². The van der Waals surface area contributed by atoms with Crippen LogP contribution in [0.5, 0.6) is 5.75 Å². The van der Waals surface area contributed by atoms with Crippen LogP contribution in [0.15, 0.2) is 18.2 Å². The lowest BCUT2D eigenvalue weighted by Gasteiger charge is -2.04. The smallest absolute Gasteiger partial charge is 0.251 e. The monoisotopic (exact) mass is 305 g/mol. The molecule has 0 saturated carbocycles. The summed E-state index contributed by atoms with van der Waals surface area (Å²) in [6.45, 7) is 2.43. The molecular formula is C10H12INO2. The predicted molar refractivity (Wildman–Crippen MR) is 64.1 cm³/mol. The van der Waals surface area contributed by atoms with Crippen LogP contribution in [0.4, 0.5) is 0 Å². The zero-order chi connectivity index (χ0) is 10.6. The number of rotatable bonds is 3. The minimum absolute atomic E-state index is 0.0928. The number of hydrogen-bond acceptors (Lipinski definition) is 2. The lowest BCUT2D eigenvalue weighted by Crippen LogP contribution is -2.25. The molecule has 1 amide bonds. The summed E-state index contributed by atoms with van der Waals surface area (Å²) in [5.74, 6) is 0.125. The predicted octanol–water partition coefficient (Wildman–Crippen LogP) is 1.87. The van der Waals surface area contributed by atoms with Crippen molar-refractivity contribution in [2.24, 2.45) is 0 Å². The van der Waals surface area contributed by atoms with Crippen molar-refractivity contribution in [3.8, 4) is 5.75 Å². The van der Waals surface area contributed by atoms with Gasteiger partial charge in [-0.05, 0) is 30.7 Å². The van der Waals surface area contributed by atoms with Crippen LogP contribution in [-0.2, 0) is 0 Å². The molecule has 0 bridgehead atoms. The van der Waals surface area contributed by atoms with E-state index in [1.807, 2.05) is 0 Å². The van der Waals surface area contributed by atoms with E-state index >= 15 is 0 Å². The van der Waals surface area contributed by atoms with E-state index < -0.39 is 0 Å². The summed E-state index contributed by atoms with van der Waals surface area (Å²) >= 11 is 2.20. The fraction of sp³-hybridized carbons (Fsp3) is 0.300. The molecule has 0 unspecified atom stereocenters. The Morgan fingerprint density at radius 1 is 1.57 bits per heavy atom. The van der Waals surface area contributed by atoms with E-state index in [0.29, 0.717) is 17.7 Å². The standard InChI is InChI=1S/C10H12INO2/c1-7-6-8(2-3-9(7)13)10(14)12-5-4-11/h2-3,6,13H,4-5H2,1H3,(H,12,14). The number of aromatic hydroxyl groups is 1. The molecule has 0 heterocycles. The van der Waals surface area contributed by atoms with Gasteiger partial charge in [-0.3, -0.25) is 4.79 Å². The van der Waals surface area contributed by atoms with Gasteiger partial charge in [-0.2, -0.15) is 0 Å². The molecule has 0 atom stereocenters. The Labute approximate surface area is 96.7 Å². The molecule has 0 spiro atoms. The minimum Gasteiger partial charge on any atom is -0.508 e. The van der Waals surface area contributed by atoms with Crippen LogP contribution < -0.4 is 5.32 Å². The van der Waals surface area contributed by atoms with Gasteiger partial charge >= 0.3 is 0 Å². The van der Waals surface area contributed by atoms with Crippen molar-refractivity contribution in [2.45, 2.75) is 6.92 Å². The highest BCUT2D eigenvalue weighted by molar-refractivity contribution is 14.1. The second-order valence-electron chi connectivity index (χ2n) is 2.95. The van der Waals surface area contributed by atoms with Crippen LogP contribution in [0.25, 0.3) is 0 Å². The summed E-state index contributed by atoms with van der Waals surface area (Å²) in [5.41, 5.74) is 1.30. The molecule has 4 heteroatoms. The third-order valence-electron chi connectivity index (χ3n) is 1.84. The highest BCUT2D eigenvalue weighted by Crippen LogP contribution is 2.16. The Hall–Kier alpha value is -0.780. The Kier molecular flexibility index (Phi) is 4.19. The van der Waals surface area contributed by atoms with Gasteiger partial charge in [0, 0.05) is 16.5 Å². The number of hydrogen-bond donors (Lipinski definition) is 2. The minimum atomic E-state index is -0.0928. The van der Waals surface area contributed by atoms with Gasteiger partial charge in [-0.15, -0.1) is 0 Å². The fourth-order valence-electron chi connectivity index (χ4n) is 1.06. The second kappa shape index (κ2) is 5.19. The third-order valence-corrected chi connectivity index (χ3v) is 2.38. The topological polar surface area (TPSA) is 49.3 Å². The lowest BCUT2D eigenvalue weighted by molar-refractivity contribution is 0.0956. The van der Waals surface area contributed by atoms with E-state index in [-0.39, 0.29) is 11.7 Å². The van der Waals surface area contributed by atoms with Crippen molar-refractivity contribution < 1.29 is 9.90 Å². The molecule has 1 rings (SSSR count). The lowest BCUT2D eigenvalue weighted by atomic mass is 10.1. The molecule has 0 aliphatic carbocycles. The summed E-state index contributed by atoms with van der Waals surface area (Å²) in [5, 5.41) is 12.0. The molecule has 14 heavy (non-hydrogen) atoms. The quantitative estimate of drug-likeness (QED) is 0.661. The number of alkyl halides is 1. The molecule has 0 aliphatic heterocycles. The molecule has 0 radical (unpaired) electrons. The van der Waals surface area contributed by atoms with Crippen molar-refractivity contribution in [2.75, 3.05) is 11.0 Å². The zero-order valence-electron chi connectivity index (χ0n) is 7.88. The van der Waals surface area contributed by atoms with E-state index in [2.05, 4.69) is 27.9 Å². The average Bonchev–Trinajstić information content (AvgIpc) is 2.18. The Balaban J connectivity index is 2.76. The van der Waals surface area contributed by atoms with E-state index in [4.69, 9.17) is 0 Å². The van der Waals surface area contributed by atoms with Crippen molar-refractivity contribution in [1.82, 2.24) is 5.32 Å². The van der Waals surface area contributed by atoms with Crippen LogP contribution in [-0.4, -0.2) is 22.0 Å². The van der Waals surface area contributed by atoms with Crippen LogP contribution >= 0.6 is 22.6 Å². The first kappa shape index (κ1) is 11.3. The van der Waals surface area contributed by atoms with E-state index in [1.165, 1.54) is 6.07 Å². The zero-order valence-corrected chi connectivity index (χ0v) is 10.0. The average molecular weight is 305 g/mol. The number of carbonyl (C=O) groups is 1. The molecule has 2 N–H and O–H groups in total. The molecule has 0 aliphatic rings. The van der Waals surface area contributed by atoms with Crippen molar-refractivity contribution in [1.29, 1.82) is 0 Å². The first-order chi connectivity index (χ1) is 6.65. The van der Waals surface area contributed by atoms with Gasteiger partial charge in [0.1, 0.15) is 5.75 Å². The number of phenolic OH excluding ortho intramolecular Hbond substituents is 1. The van der Waals surface area contributed by atoms with Crippen molar-refractivity contribution in [3.05, 3.63) is 29.3 Å². The molecule has 1 aromatic carbocycles. The highest BCUT2D eigenvalue weighted by atomic mass is 127. The molecule has 3 nitrogen and oxygen atoms in total. The van der Waals surface area contributed by atoms with Crippen LogP contribution in [0, 0.1) is 6.92 Å². The number of halogens is 1. The third kappa shape index (κ3) is 2.87. The number of nitrogens with one attached hydrogen (secondary N) is 1. The van der Waals surface area contributed by atoms with Gasteiger partial charge < -0.3 is 10.4 Å². The second-order valence-corrected chi connectivity index (χ2v) is 4.02. The molecule has 0 fully saturated rings. The number of aryl methyl sites for hydroxylation is 1. The number of carbonyl (C=O) groups excluding carboxylic acids is 1. The maximum Gasteiger partial charge on any atom is 0.251 e. The summed E-state index contributed by atoms with van der Waals surface area (Å²) < 4.78 is 0.889. The summed E-state index contributed by atoms with van der Waals surface area (Å²) in [6, 6.07) is 4.83. The molecular weight excluding hydrogens is 293 g/mol. The summed E-state index contributed by atoms with van der Waals surface area (Å²) in [7, 11) is 0. The normalized spacial score (nSPS) is 9.86. The number of phenols is 1. The van der Waals surface area contributed by atoms with Crippen LogP contribution in [0.1, 0.15) is 15.9 Å². The van der Waals surface area contributed by atoms with E-state index in [0.717, 1.165) is 4.43 Å². The molecule has 76 valence electrons. The van der Waals surface area contributed by atoms with Gasteiger partial charge in [0.15, 0.2) is 0 Å². The Bertz CT molecular complexity index is 339. The van der Waals surface area contributed by atoms with Gasteiger partial charge in [0.05, 0.1) is 0 Å². The summed E-state index contributed by atoms with van der Waals surface area (Å²) in [6.07, 6.45) is 0. The molecule has 0 saturated heterocycles. The first-order valence-corrected chi connectivity index (χ1v) is 5.81. The molecule has 0 aromatic heterocycles. The first-order valence-electron chi connectivity index (χ1n) is 4.29. The Morgan fingerprint density at radius 3 is 2.86 bits per heavy atom. The van der Waals surface area contributed by atoms with Gasteiger partial charge in [-0.25, -0.2) is 0 Å². The maximum absolute atomic E-state index is 11.5. The fourth-order valence-corrected chi connectivity index (χ4v) is 1.33. The van der Waals surface area contributed by atoms with Gasteiger partial charge in [0.25, 0.3) is 5.91 Å². The maximum atomic E-state index is 11.5. The number of benzene rings is 1. The largest absolute Gasteiger partial charge is 0.508 e. The van der Waals surface area contributed by atoms with Gasteiger partial charge in [0.2, 0.25) is 0 Å². The summed E-state index contributed by atoms with van der Waals surface area (Å²) in [4.78, 5) is 11.5. The number of amides is 1. The Morgan fingerprint density at radius 2 is 2.29 bits per heavy atom. The van der Waals surface area contributed by atoms with Gasteiger partial charge in [-0.1, -0.05) is 22.6 Å². The van der Waals surface area contributed by atoms with Crippen molar-refractivity contribution in [3.63, 3.8) is 0 Å². The van der Waals surface area contributed by atoms with Crippen molar-refractivity contribution >= 4 is 28.5 Å². The SMILES string of the molecule is Cc1cc(C(=O)NCCI)ccc1O. The highest BCUT2D eigenvalue weighted by Gasteiger charge is 2.05. The van der Waals surface area contributed by atoms with E-state index in [9.17, 15) is 9.90 Å². The van der Waals surface area contributed by atoms with Crippen LogP contribution in [0.2, 0.25) is 0 Å².